The zero-order valence-corrected chi connectivity index (χ0v) is 6.80. The number of rotatable bonds is 3. The summed E-state index contributed by atoms with van der Waals surface area (Å²) in [5.74, 6) is 0. The van der Waals surface area contributed by atoms with Crippen molar-refractivity contribution in [2.75, 3.05) is 6.26 Å². The first-order chi connectivity index (χ1) is 3.62. The molecule has 0 saturated carbocycles. The Balaban J connectivity index is 3.37. The molecule has 0 bridgehead atoms. The van der Waals surface area contributed by atoms with Crippen molar-refractivity contribution in [2.24, 2.45) is 0 Å². The van der Waals surface area contributed by atoms with Crippen LogP contribution in [0, 0.1) is 0 Å². The highest BCUT2D eigenvalue weighted by atomic mass is 32.2. The molecule has 0 atom stereocenters. The Kier molecular flexibility index (Phi) is 3.89. The first-order valence-electron chi connectivity index (χ1n) is 2.17. The molecule has 0 aromatic heterocycles. The van der Waals surface area contributed by atoms with Gasteiger partial charge in [0.15, 0.2) is 0 Å². The summed E-state index contributed by atoms with van der Waals surface area (Å²) >= 11 is 1.96. The molecule has 0 heterocycles. The standard InChI is InChI=1S/C4H10O2S2/c1-4(2,8-5)6-7-3/h5H,1-3H3. The van der Waals surface area contributed by atoms with Crippen LogP contribution < -0.4 is 0 Å². The molecule has 4 heteroatoms. The molecule has 0 unspecified atom stereocenters. The van der Waals surface area contributed by atoms with Crippen LogP contribution in [-0.2, 0) is 4.18 Å². The fourth-order valence-corrected chi connectivity index (χ4v) is 0.943. The molecule has 0 radical (unpaired) electrons. The average Bonchev–Trinajstić information content (AvgIpc) is 1.67. The lowest BCUT2D eigenvalue weighted by atomic mass is 10.5. The first kappa shape index (κ1) is 8.62. The van der Waals surface area contributed by atoms with Crippen LogP contribution in [0.15, 0.2) is 0 Å². The SMILES string of the molecule is CSOC(C)(C)SO. The van der Waals surface area contributed by atoms with E-state index < -0.39 is 4.93 Å². The van der Waals surface area contributed by atoms with Gasteiger partial charge in [0, 0.05) is 18.3 Å². The van der Waals surface area contributed by atoms with Crippen LogP contribution in [0.4, 0.5) is 0 Å². The van der Waals surface area contributed by atoms with E-state index in [1.54, 1.807) is 13.8 Å². The van der Waals surface area contributed by atoms with Crippen molar-refractivity contribution >= 4 is 24.1 Å². The summed E-state index contributed by atoms with van der Waals surface area (Å²) in [5.41, 5.74) is 0. The molecule has 50 valence electrons. The summed E-state index contributed by atoms with van der Waals surface area (Å²) in [7, 11) is 0. The quantitative estimate of drug-likeness (QED) is 0.498. The highest BCUT2D eigenvalue weighted by Crippen LogP contribution is 2.25. The van der Waals surface area contributed by atoms with Gasteiger partial charge in [-0.15, -0.1) is 0 Å². The van der Waals surface area contributed by atoms with Crippen molar-refractivity contribution in [3.05, 3.63) is 0 Å². The second-order valence-corrected chi connectivity index (χ2v) is 3.41. The molecule has 0 aliphatic heterocycles. The lowest BCUT2D eigenvalue weighted by Gasteiger charge is -2.17. The summed E-state index contributed by atoms with van der Waals surface area (Å²) in [6.07, 6.45) is 1.82. The van der Waals surface area contributed by atoms with Gasteiger partial charge in [0.05, 0.1) is 0 Å². The van der Waals surface area contributed by atoms with Crippen molar-refractivity contribution in [1.82, 2.24) is 0 Å². The molecule has 0 saturated heterocycles. The smallest absolute Gasteiger partial charge is 0.147 e. The Morgan fingerprint density at radius 3 is 2.12 bits per heavy atom. The Hall–Kier alpha value is 0.620. The van der Waals surface area contributed by atoms with Gasteiger partial charge in [-0.2, -0.15) is 0 Å². The van der Waals surface area contributed by atoms with E-state index in [0.717, 1.165) is 0 Å². The Morgan fingerprint density at radius 2 is 2.00 bits per heavy atom. The highest BCUT2D eigenvalue weighted by molar-refractivity contribution is 7.97. The van der Waals surface area contributed by atoms with E-state index in [2.05, 4.69) is 0 Å². The van der Waals surface area contributed by atoms with Gasteiger partial charge in [0.2, 0.25) is 0 Å². The Morgan fingerprint density at radius 1 is 1.50 bits per heavy atom. The van der Waals surface area contributed by atoms with Gasteiger partial charge in [-0.1, -0.05) is 0 Å². The van der Waals surface area contributed by atoms with Crippen LogP contribution in [0.1, 0.15) is 13.8 Å². The van der Waals surface area contributed by atoms with Crippen LogP contribution in [0.3, 0.4) is 0 Å². The maximum atomic E-state index is 8.50. The van der Waals surface area contributed by atoms with Crippen molar-refractivity contribution in [3.8, 4) is 0 Å². The fourth-order valence-electron chi connectivity index (χ4n) is 0.216. The Bertz CT molecular complexity index is 65.1. The second-order valence-electron chi connectivity index (χ2n) is 1.74. The van der Waals surface area contributed by atoms with E-state index in [1.165, 1.54) is 12.0 Å². The third kappa shape index (κ3) is 3.60. The van der Waals surface area contributed by atoms with Crippen LogP contribution >= 0.6 is 24.1 Å². The molecule has 0 rings (SSSR count). The molecule has 8 heavy (non-hydrogen) atoms. The molecule has 2 nitrogen and oxygen atoms in total. The van der Waals surface area contributed by atoms with Gasteiger partial charge in [-0.3, -0.25) is 4.18 Å². The predicted octanol–water partition coefficient (Wildman–Crippen LogP) is 2.22. The summed E-state index contributed by atoms with van der Waals surface area (Å²) in [6.45, 7) is 3.60. The number of hydrogen-bond acceptors (Lipinski definition) is 4. The lowest BCUT2D eigenvalue weighted by molar-refractivity contribution is 0.242. The third-order valence-corrected chi connectivity index (χ3v) is 1.72. The molecule has 0 amide bonds. The van der Waals surface area contributed by atoms with Gasteiger partial charge in [-0.05, 0) is 25.9 Å². The summed E-state index contributed by atoms with van der Waals surface area (Å²) in [5, 5.41) is 0. The maximum Gasteiger partial charge on any atom is 0.147 e. The molecule has 0 spiro atoms. The van der Waals surface area contributed by atoms with Gasteiger partial charge in [-0.25, -0.2) is 0 Å². The minimum Gasteiger partial charge on any atom is -0.328 e. The third-order valence-electron chi connectivity index (χ3n) is 0.504. The van der Waals surface area contributed by atoms with Crippen LogP contribution in [0.5, 0.6) is 0 Å². The van der Waals surface area contributed by atoms with Crippen molar-refractivity contribution in [3.63, 3.8) is 0 Å². The van der Waals surface area contributed by atoms with Crippen molar-refractivity contribution < 1.29 is 8.74 Å². The molecule has 0 aliphatic rings. The molecule has 0 aromatic carbocycles. The lowest BCUT2D eigenvalue weighted by Crippen LogP contribution is -2.14. The molecular weight excluding hydrogens is 144 g/mol. The normalized spacial score (nSPS) is 12.0. The first-order valence-corrected chi connectivity index (χ1v) is 4.09. The summed E-state index contributed by atoms with van der Waals surface area (Å²) in [4.78, 5) is -0.473. The van der Waals surface area contributed by atoms with E-state index in [1.807, 2.05) is 6.26 Å². The molecule has 0 fully saturated rings. The van der Waals surface area contributed by atoms with E-state index in [9.17, 15) is 0 Å². The minimum absolute atomic E-state index is 0.473. The van der Waals surface area contributed by atoms with Crippen LogP contribution in [0.25, 0.3) is 0 Å². The summed E-state index contributed by atoms with van der Waals surface area (Å²) < 4.78 is 13.5. The topological polar surface area (TPSA) is 29.5 Å². The summed E-state index contributed by atoms with van der Waals surface area (Å²) in [6, 6.07) is 0. The van der Waals surface area contributed by atoms with Gasteiger partial charge >= 0.3 is 0 Å². The maximum absolute atomic E-state index is 8.50. The van der Waals surface area contributed by atoms with E-state index in [0.29, 0.717) is 12.0 Å². The van der Waals surface area contributed by atoms with E-state index >= 15 is 0 Å². The molecule has 0 aromatic rings. The average molecular weight is 154 g/mol. The predicted molar refractivity (Wildman–Crippen MR) is 38.9 cm³/mol. The van der Waals surface area contributed by atoms with Crippen molar-refractivity contribution in [1.29, 1.82) is 0 Å². The molecule has 0 aliphatic carbocycles. The van der Waals surface area contributed by atoms with Crippen molar-refractivity contribution in [2.45, 2.75) is 18.8 Å². The van der Waals surface area contributed by atoms with Gasteiger partial charge < -0.3 is 4.55 Å². The van der Waals surface area contributed by atoms with E-state index in [-0.39, 0.29) is 0 Å². The highest BCUT2D eigenvalue weighted by Gasteiger charge is 2.17. The second kappa shape index (κ2) is 3.61. The monoisotopic (exact) mass is 154 g/mol. The number of hydrogen-bond donors (Lipinski definition) is 1. The van der Waals surface area contributed by atoms with E-state index in [4.69, 9.17) is 8.74 Å². The zero-order chi connectivity index (χ0) is 6.62. The van der Waals surface area contributed by atoms with Crippen LogP contribution in [0.2, 0.25) is 0 Å². The Labute approximate surface area is 58.4 Å². The molecular formula is C4H10O2S2. The largest absolute Gasteiger partial charge is 0.328 e. The minimum atomic E-state index is -0.473. The van der Waals surface area contributed by atoms with Gasteiger partial charge in [0.25, 0.3) is 0 Å². The molecule has 1 N–H and O–H groups in total. The fraction of sp³-hybridized carbons (Fsp3) is 1.00. The van der Waals surface area contributed by atoms with Gasteiger partial charge in [0.1, 0.15) is 4.93 Å². The zero-order valence-electron chi connectivity index (χ0n) is 5.17. The van der Waals surface area contributed by atoms with Crippen LogP contribution in [-0.4, -0.2) is 15.7 Å².